The van der Waals surface area contributed by atoms with Gasteiger partial charge in [0.1, 0.15) is 17.2 Å². The van der Waals surface area contributed by atoms with Crippen LogP contribution in [0.15, 0.2) is 80.1 Å². The fourth-order valence-corrected chi connectivity index (χ4v) is 4.76. The first kappa shape index (κ1) is 20.1. The third-order valence-corrected chi connectivity index (χ3v) is 7.23. The average molecular weight is 579 g/mol. The second kappa shape index (κ2) is 8.26. The Hall–Kier alpha value is -2.22. The highest BCUT2D eigenvalue weighted by Crippen LogP contribution is 2.48. The van der Waals surface area contributed by atoms with Crippen molar-refractivity contribution >= 4 is 69.9 Å². The van der Waals surface area contributed by atoms with Crippen LogP contribution in [0.1, 0.15) is 0 Å². The van der Waals surface area contributed by atoms with Crippen LogP contribution in [-0.4, -0.2) is 0 Å². The van der Waals surface area contributed by atoms with Crippen LogP contribution in [0.2, 0.25) is 0 Å². The van der Waals surface area contributed by atoms with Crippen molar-refractivity contribution < 1.29 is 9.47 Å². The fourth-order valence-electron chi connectivity index (χ4n) is 2.87. The predicted molar refractivity (Wildman–Crippen MR) is 129 cm³/mol. The summed E-state index contributed by atoms with van der Waals surface area (Å²) in [5, 5.41) is 1.90. The maximum Gasteiger partial charge on any atom is 0.157 e. The number of hydrogen-bond acceptors (Lipinski definition) is 4. The van der Waals surface area contributed by atoms with Crippen molar-refractivity contribution in [1.82, 2.24) is 0 Å². The van der Waals surface area contributed by atoms with Crippen LogP contribution in [-0.2, 0) is 0 Å². The van der Waals surface area contributed by atoms with Crippen molar-refractivity contribution in [3.8, 4) is 23.0 Å². The van der Waals surface area contributed by atoms with E-state index in [0.29, 0.717) is 34.4 Å². The number of ether oxygens (including phenoxy) is 2. The maximum atomic E-state index is 6.13. The number of benzene rings is 4. The van der Waals surface area contributed by atoms with E-state index >= 15 is 0 Å². The molecule has 4 aromatic rings. The van der Waals surface area contributed by atoms with Gasteiger partial charge in [0, 0.05) is 9.86 Å². The van der Waals surface area contributed by atoms with E-state index in [0.717, 1.165) is 24.2 Å². The lowest BCUT2D eigenvalue weighted by Crippen LogP contribution is -1.95. The third kappa shape index (κ3) is 3.95. The summed E-state index contributed by atoms with van der Waals surface area (Å²) >= 11 is 11.0. The van der Waals surface area contributed by atoms with Crippen molar-refractivity contribution in [2.45, 2.75) is 0 Å². The van der Waals surface area contributed by atoms with Gasteiger partial charge in [-0.05, 0) is 95.6 Å². The number of nitrogens with two attached hydrogens (primary N) is 2. The molecule has 0 heterocycles. The second-order valence-corrected chi connectivity index (χ2v) is 8.64. The molecule has 29 heavy (non-hydrogen) atoms. The first-order valence-corrected chi connectivity index (χ1v) is 11.0. The van der Waals surface area contributed by atoms with E-state index in [9.17, 15) is 0 Å². The van der Waals surface area contributed by atoms with E-state index in [1.807, 2.05) is 54.6 Å². The van der Waals surface area contributed by atoms with E-state index in [2.05, 4.69) is 47.8 Å². The number of para-hydroxylation sites is 4. The Morgan fingerprint density at radius 2 is 1.17 bits per heavy atom. The van der Waals surface area contributed by atoms with E-state index < -0.39 is 0 Å². The van der Waals surface area contributed by atoms with Crippen molar-refractivity contribution in [2.75, 3.05) is 11.5 Å². The molecule has 0 unspecified atom stereocenters. The van der Waals surface area contributed by atoms with Crippen LogP contribution in [0.4, 0.5) is 11.4 Å². The molecule has 4 aromatic carbocycles. The molecule has 4 rings (SSSR count). The molecular formula is C22H15Br3N2O2. The molecule has 7 heteroatoms. The Morgan fingerprint density at radius 3 is 1.79 bits per heavy atom. The van der Waals surface area contributed by atoms with Gasteiger partial charge in [-0.25, -0.2) is 0 Å². The molecule has 0 bridgehead atoms. The topological polar surface area (TPSA) is 70.5 Å². The summed E-state index contributed by atoms with van der Waals surface area (Å²) in [6, 6.07) is 20.5. The number of anilines is 2. The van der Waals surface area contributed by atoms with Crippen molar-refractivity contribution in [2.24, 2.45) is 0 Å². The van der Waals surface area contributed by atoms with Gasteiger partial charge in [0.2, 0.25) is 0 Å². The Bertz CT molecular complexity index is 1230. The van der Waals surface area contributed by atoms with Crippen LogP contribution in [0.25, 0.3) is 10.8 Å². The molecular weight excluding hydrogens is 564 g/mol. The van der Waals surface area contributed by atoms with Crippen molar-refractivity contribution in [1.29, 1.82) is 0 Å². The highest BCUT2D eigenvalue weighted by Gasteiger charge is 2.19. The molecule has 0 fully saturated rings. The lowest BCUT2D eigenvalue weighted by molar-refractivity contribution is 0.479. The molecule has 0 atom stereocenters. The smallest absolute Gasteiger partial charge is 0.157 e. The number of hydrogen-bond donors (Lipinski definition) is 2. The summed E-state index contributed by atoms with van der Waals surface area (Å²) in [7, 11) is 0. The van der Waals surface area contributed by atoms with Gasteiger partial charge in [-0.3, -0.25) is 0 Å². The summed E-state index contributed by atoms with van der Waals surface area (Å²) < 4.78 is 14.5. The van der Waals surface area contributed by atoms with Gasteiger partial charge in [-0.15, -0.1) is 0 Å². The van der Waals surface area contributed by atoms with Crippen LogP contribution in [0.3, 0.4) is 0 Å². The molecule has 0 spiro atoms. The molecule has 0 aromatic heterocycles. The van der Waals surface area contributed by atoms with Gasteiger partial charge in [0.05, 0.1) is 20.3 Å². The quantitative estimate of drug-likeness (QED) is 0.191. The monoisotopic (exact) mass is 576 g/mol. The number of rotatable bonds is 4. The summed E-state index contributed by atoms with van der Waals surface area (Å²) in [6.45, 7) is 0. The zero-order valence-electron chi connectivity index (χ0n) is 15.0. The fraction of sp³-hybridized carbons (Fsp3) is 0. The number of halogens is 3. The summed E-state index contributed by atoms with van der Waals surface area (Å²) in [6.07, 6.45) is 0. The Labute approximate surface area is 193 Å². The highest BCUT2D eigenvalue weighted by molar-refractivity contribution is 9.13. The molecule has 0 aliphatic rings. The number of nitrogen functional groups attached to an aromatic ring is 2. The van der Waals surface area contributed by atoms with Crippen molar-refractivity contribution in [3.05, 3.63) is 80.1 Å². The first-order chi connectivity index (χ1) is 14.0. The van der Waals surface area contributed by atoms with Gasteiger partial charge in [-0.1, -0.05) is 24.3 Å². The first-order valence-electron chi connectivity index (χ1n) is 8.60. The summed E-state index contributed by atoms with van der Waals surface area (Å²) in [5.74, 6) is 2.45. The molecule has 4 nitrogen and oxygen atoms in total. The average Bonchev–Trinajstić information content (AvgIpc) is 2.72. The molecule has 0 radical (unpaired) electrons. The van der Waals surface area contributed by atoms with Crippen molar-refractivity contribution in [3.63, 3.8) is 0 Å². The molecule has 0 aliphatic heterocycles. The predicted octanol–water partition coefficient (Wildman–Crippen LogP) is 7.88. The van der Waals surface area contributed by atoms with Crippen LogP contribution in [0, 0.1) is 0 Å². The van der Waals surface area contributed by atoms with E-state index in [-0.39, 0.29) is 0 Å². The summed E-state index contributed by atoms with van der Waals surface area (Å²) in [5.41, 5.74) is 13.2. The Morgan fingerprint density at radius 1 is 0.586 bits per heavy atom. The minimum Gasteiger partial charge on any atom is -0.455 e. The Kier molecular flexibility index (Phi) is 5.72. The molecule has 0 aliphatic carbocycles. The minimum absolute atomic E-state index is 0.555. The lowest BCUT2D eigenvalue weighted by Gasteiger charge is -2.16. The van der Waals surface area contributed by atoms with Gasteiger partial charge >= 0.3 is 0 Å². The zero-order chi connectivity index (χ0) is 20.5. The third-order valence-electron chi connectivity index (χ3n) is 4.33. The maximum absolute atomic E-state index is 6.13. The number of fused-ring (bicyclic) bond motifs is 1. The highest BCUT2D eigenvalue weighted by atomic mass is 79.9. The van der Waals surface area contributed by atoms with Crippen LogP contribution >= 0.6 is 47.8 Å². The Balaban J connectivity index is 1.81. The van der Waals surface area contributed by atoms with Crippen LogP contribution < -0.4 is 20.9 Å². The van der Waals surface area contributed by atoms with Gasteiger partial charge in [-0.2, -0.15) is 0 Å². The second-order valence-electron chi connectivity index (χ2n) is 6.26. The van der Waals surface area contributed by atoms with Crippen LogP contribution in [0.5, 0.6) is 23.0 Å². The molecule has 4 N–H and O–H groups in total. The molecule has 0 saturated carbocycles. The molecule has 0 amide bonds. The SMILES string of the molecule is Nc1ccccc1Oc1ccc2c(Br)c(Br)c(Oc3ccccc3N)c(Br)c2c1. The van der Waals surface area contributed by atoms with E-state index in [1.165, 1.54) is 0 Å². The minimum atomic E-state index is 0.555. The van der Waals surface area contributed by atoms with E-state index in [1.54, 1.807) is 12.1 Å². The molecule has 146 valence electrons. The largest absolute Gasteiger partial charge is 0.455 e. The molecule has 0 saturated heterocycles. The zero-order valence-corrected chi connectivity index (χ0v) is 19.7. The summed E-state index contributed by atoms with van der Waals surface area (Å²) in [4.78, 5) is 0. The normalized spacial score (nSPS) is 10.9. The van der Waals surface area contributed by atoms with Gasteiger partial charge < -0.3 is 20.9 Å². The van der Waals surface area contributed by atoms with Gasteiger partial charge in [0.15, 0.2) is 5.75 Å². The standard InChI is InChI=1S/C22H15Br3N2O2/c23-19-13-10-9-12(28-17-7-3-1-5-15(17)26)11-14(13)20(24)22(21(19)25)29-18-8-4-2-6-16(18)27/h1-11H,26-27H2. The van der Waals surface area contributed by atoms with E-state index in [4.69, 9.17) is 20.9 Å². The van der Waals surface area contributed by atoms with Gasteiger partial charge in [0.25, 0.3) is 0 Å². The lowest BCUT2D eigenvalue weighted by atomic mass is 10.1.